The van der Waals surface area contributed by atoms with Crippen molar-refractivity contribution in [2.45, 2.75) is 6.92 Å². The molecule has 0 saturated heterocycles. The first-order chi connectivity index (χ1) is 14.3. The number of hydrogen-bond acceptors (Lipinski definition) is 4. The second-order valence-corrected chi connectivity index (χ2v) is 7.35. The molecule has 154 valence electrons. The summed E-state index contributed by atoms with van der Waals surface area (Å²) in [4.78, 5) is 29.5. The lowest BCUT2D eigenvalue weighted by Gasteiger charge is -2.06. The minimum Gasteiger partial charge on any atom is -0.495 e. The van der Waals surface area contributed by atoms with Gasteiger partial charge in [0.1, 0.15) is 5.75 Å². The molecule has 2 aromatic carbocycles. The van der Waals surface area contributed by atoms with E-state index in [4.69, 9.17) is 16.3 Å². The Hall–Kier alpha value is -3.52. The molecule has 4 rings (SSSR count). The molecule has 9 heteroatoms. The number of halogens is 1. The highest BCUT2D eigenvalue weighted by Gasteiger charge is 2.13. The summed E-state index contributed by atoms with van der Waals surface area (Å²) in [6, 6.07) is 10.6. The average molecular weight is 426 g/mol. The number of nitrogens with one attached hydrogen (secondary N) is 1. The Labute approximate surface area is 176 Å². The molecule has 0 aliphatic carbocycles. The van der Waals surface area contributed by atoms with Gasteiger partial charge < -0.3 is 4.74 Å². The van der Waals surface area contributed by atoms with E-state index >= 15 is 0 Å². The first kappa shape index (κ1) is 19.8. The zero-order chi connectivity index (χ0) is 21.6. The van der Waals surface area contributed by atoms with Gasteiger partial charge in [-0.15, -0.1) is 0 Å². The molecule has 1 N–H and O–H groups in total. The van der Waals surface area contributed by atoms with Gasteiger partial charge in [0.25, 0.3) is 5.56 Å². The fraction of sp³-hybridized carbons (Fsp3) is 0.190. The number of rotatable bonds is 4. The average Bonchev–Trinajstić information content (AvgIpc) is 3.14. The number of aromatic amines is 1. The van der Waals surface area contributed by atoms with Crippen LogP contribution in [-0.4, -0.2) is 32.2 Å². The maximum atomic E-state index is 12.9. The number of nitrogens with zero attached hydrogens (tertiary/aromatic N) is 4. The lowest BCUT2D eigenvalue weighted by molar-refractivity contribution is 0.414. The topological polar surface area (TPSA) is 86.3 Å². The lowest BCUT2D eigenvalue weighted by atomic mass is 10.2. The number of ether oxygens (including phenoxy) is 1. The zero-order valence-electron chi connectivity index (χ0n) is 16.9. The van der Waals surface area contributed by atoms with Gasteiger partial charge in [-0.25, -0.2) is 9.48 Å². The summed E-state index contributed by atoms with van der Waals surface area (Å²) < 4.78 is 9.79. The van der Waals surface area contributed by atoms with E-state index in [0.717, 1.165) is 11.0 Å². The molecule has 0 radical (unpaired) electrons. The SMILES string of the molecule is COc1cc(-n2[nH]c(C)c(C=Nc3ccc4c(c3)n(C)c(=O)n4C)c2=O)ccc1Cl. The van der Waals surface area contributed by atoms with Gasteiger partial charge in [-0.1, -0.05) is 11.6 Å². The molecule has 0 atom stereocenters. The summed E-state index contributed by atoms with van der Waals surface area (Å²) in [5, 5.41) is 3.51. The Balaban J connectivity index is 1.73. The van der Waals surface area contributed by atoms with Gasteiger partial charge in [0, 0.05) is 32.1 Å². The van der Waals surface area contributed by atoms with Gasteiger partial charge in [0.15, 0.2) is 0 Å². The molecule has 0 saturated carbocycles. The third-order valence-electron chi connectivity index (χ3n) is 5.11. The number of fused-ring (bicyclic) bond motifs is 1. The van der Waals surface area contributed by atoms with Crippen LogP contribution in [0.5, 0.6) is 5.75 Å². The van der Waals surface area contributed by atoms with E-state index in [9.17, 15) is 9.59 Å². The van der Waals surface area contributed by atoms with Gasteiger partial charge >= 0.3 is 5.69 Å². The van der Waals surface area contributed by atoms with E-state index < -0.39 is 0 Å². The highest BCUT2D eigenvalue weighted by molar-refractivity contribution is 6.32. The molecule has 0 fully saturated rings. The van der Waals surface area contributed by atoms with Crippen LogP contribution in [0.15, 0.2) is 51.0 Å². The Kier molecular flexibility index (Phi) is 4.87. The predicted molar refractivity (Wildman–Crippen MR) is 118 cm³/mol. The zero-order valence-corrected chi connectivity index (χ0v) is 17.7. The number of methoxy groups -OCH3 is 1. The maximum absolute atomic E-state index is 12.9. The normalized spacial score (nSPS) is 11.6. The molecule has 4 aromatic rings. The van der Waals surface area contributed by atoms with Crippen molar-refractivity contribution in [3.63, 3.8) is 0 Å². The third-order valence-corrected chi connectivity index (χ3v) is 5.42. The molecule has 30 heavy (non-hydrogen) atoms. The van der Waals surface area contributed by atoms with Crippen LogP contribution in [0.4, 0.5) is 5.69 Å². The van der Waals surface area contributed by atoms with E-state index in [1.165, 1.54) is 18.0 Å². The summed E-state index contributed by atoms with van der Waals surface area (Å²) in [5.41, 5.74) is 3.60. The van der Waals surface area contributed by atoms with Gasteiger partial charge in [0.05, 0.1) is 40.1 Å². The maximum Gasteiger partial charge on any atom is 0.328 e. The molecular weight excluding hydrogens is 406 g/mol. The fourth-order valence-electron chi connectivity index (χ4n) is 3.40. The van der Waals surface area contributed by atoms with Gasteiger partial charge in [-0.05, 0) is 37.3 Å². The Bertz CT molecular complexity index is 1420. The van der Waals surface area contributed by atoms with Crippen molar-refractivity contribution in [1.29, 1.82) is 0 Å². The fourth-order valence-corrected chi connectivity index (χ4v) is 3.59. The Morgan fingerprint density at radius 3 is 2.53 bits per heavy atom. The monoisotopic (exact) mass is 425 g/mol. The molecule has 0 aliphatic heterocycles. The summed E-state index contributed by atoms with van der Waals surface area (Å²) >= 11 is 6.07. The molecular formula is C21H20ClN5O3. The van der Waals surface area contributed by atoms with E-state index in [1.807, 2.05) is 18.2 Å². The summed E-state index contributed by atoms with van der Waals surface area (Å²) in [6.45, 7) is 1.80. The molecule has 8 nitrogen and oxygen atoms in total. The van der Waals surface area contributed by atoms with Crippen molar-refractivity contribution in [2.24, 2.45) is 19.1 Å². The Morgan fingerprint density at radius 1 is 1.07 bits per heavy atom. The first-order valence-electron chi connectivity index (χ1n) is 9.17. The largest absolute Gasteiger partial charge is 0.495 e. The van der Waals surface area contributed by atoms with E-state index in [2.05, 4.69) is 10.1 Å². The molecule has 0 spiro atoms. The van der Waals surface area contributed by atoms with Crippen molar-refractivity contribution in [1.82, 2.24) is 18.9 Å². The van der Waals surface area contributed by atoms with Crippen LogP contribution in [0.2, 0.25) is 5.02 Å². The van der Waals surface area contributed by atoms with Crippen molar-refractivity contribution < 1.29 is 4.74 Å². The number of H-pyrrole nitrogens is 1. The molecule has 0 bridgehead atoms. The van der Waals surface area contributed by atoms with Crippen LogP contribution in [0.1, 0.15) is 11.3 Å². The summed E-state index contributed by atoms with van der Waals surface area (Å²) in [7, 11) is 4.96. The van der Waals surface area contributed by atoms with Crippen LogP contribution in [0, 0.1) is 6.92 Å². The van der Waals surface area contributed by atoms with Gasteiger partial charge in [-0.3, -0.25) is 24.0 Å². The predicted octanol–water partition coefficient (Wildman–Crippen LogP) is 3.08. The number of imidazole rings is 1. The van der Waals surface area contributed by atoms with E-state index in [-0.39, 0.29) is 11.2 Å². The van der Waals surface area contributed by atoms with E-state index in [1.54, 1.807) is 48.4 Å². The minimum atomic E-state index is -0.242. The minimum absolute atomic E-state index is 0.103. The number of aryl methyl sites for hydroxylation is 3. The first-order valence-corrected chi connectivity index (χ1v) is 9.54. The van der Waals surface area contributed by atoms with Gasteiger partial charge in [0.2, 0.25) is 0 Å². The number of aromatic nitrogens is 4. The highest BCUT2D eigenvalue weighted by atomic mass is 35.5. The quantitative estimate of drug-likeness (QED) is 0.510. The lowest BCUT2D eigenvalue weighted by Crippen LogP contribution is -2.19. The van der Waals surface area contributed by atoms with Crippen molar-refractivity contribution in [2.75, 3.05) is 7.11 Å². The van der Waals surface area contributed by atoms with Crippen LogP contribution in [0.25, 0.3) is 16.7 Å². The van der Waals surface area contributed by atoms with Crippen LogP contribution in [-0.2, 0) is 14.1 Å². The van der Waals surface area contributed by atoms with Crippen LogP contribution >= 0.6 is 11.6 Å². The second-order valence-electron chi connectivity index (χ2n) is 6.94. The molecule has 0 unspecified atom stereocenters. The van der Waals surface area contributed by atoms with Crippen molar-refractivity contribution >= 4 is 34.5 Å². The van der Waals surface area contributed by atoms with Crippen molar-refractivity contribution in [3.05, 3.63) is 73.5 Å². The van der Waals surface area contributed by atoms with Crippen LogP contribution < -0.4 is 16.0 Å². The number of hydrogen-bond donors (Lipinski definition) is 1. The molecule has 0 amide bonds. The Morgan fingerprint density at radius 2 is 1.80 bits per heavy atom. The highest BCUT2D eigenvalue weighted by Crippen LogP contribution is 2.26. The standard InChI is InChI=1S/C21H20ClN5O3/c1-12-15(20(28)27(24-12)14-6-7-16(22)19(10-14)30-4)11-23-13-5-8-17-18(9-13)26(3)21(29)25(17)2/h5-11,24H,1-4H3. The molecule has 2 aromatic heterocycles. The summed E-state index contributed by atoms with van der Waals surface area (Å²) in [5.74, 6) is 0.477. The van der Waals surface area contributed by atoms with Crippen LogP contribution in [0.3, 0.4) is 0 Å². The summed E-state index contributed by atoms with van der Waals surface area (Å²) in [6.07, 6.45) is 1.53. The number of aliphatic imine (C=N–C) groups is 1. The van der Waals surface area contributed by atoms with Crippen molar-refractivity contribution in [3.8, 4) is 11.4 Å². The van der Waals surface area contributed by atoms with Gasteiger partial charge in [-0.2, -0.15) is 0 Å². The molecule has 2 heterocycles. The molecule has 0 aliphatic rings. The second kappa shape index (κ2) is 7.38. The number of benzene rings is 2. The van der Waals surface area contributed by atoms with E-state index in [0.29, 0.717) is 33.4 Å². The third kappa shape index (κ3) is 3.15. The smallest absolute Gasteiger partial charge is 0.328 e.